The Labute approximate surface area is 522 Å². The van der Waals surface area contributed by atoms with Gasteiger partial charge in [-0.1, -0.05) is 217 Å². The van der Waals surface area contributed by atoms with Crippen LogP contribution in [0.25, 0.3) is 87.7 Å². The molecule has 2 heterocycles. The Bertz CT molecular complexity index is 4760. The van der Waals surface area contributed by atoms with Crippen LogP contribution in [-0.2, 0) is 27.1 Å². The van der Waals surface area contributed by atoms with Gasteiger partial charge in [-0.25, -0.2) is 0 Å². The smallest absolute Gasteiger partial charge is 0.145 e. The average Bonchev–Trinajstić information content (AvgIpc) is 1.50. The van der Waals surface area contributed by atoms with Crippen LogP contribution in [0.1, 0.15) is 128 Å². The Hall–Kier alpha value is -9.64. The SMILES string of the molecule is CC(C)(C)c1ccc(N(c2ccc(C(C)(C)C)cc2)c2cc3cc4c(cc3c3oc5ccccc5c23)-c2cc3c(cc2C42c4ccccc4-c4ccccc42)cc(N(c2ccc(C(C)(C)C)cc2)c2ccc(C(C)(C)C)cc2)c2c4ccccc4oc32)cc1. The van der Waals surface area contributed by atoms with E-state index in [0.717, 1.165) is 99.5 Å². The number of benzene rings is 12. The summed E-state index contributed by atoms with van der Waals surface area (Å²) in [4.78, 5) is 4.93. The van der Waals surface area contributed by atoms with Crippen LogP contribution in [0.15, 0.2) is 239 Å². The van der Waals surface area contributed by atoms with E-state index in [0.29, 0.717) is 0 Å². The maximum absolute atomic E-state index is 7.30. The number of para-hydroxylation sites is 2. The predicted octanol–water partition coefficient (Wildman–Crippen LogP) is 24.3. The summed E-state index contributed by atoms with van der Waals surface area (Å²) in [6.07, 6.45) is 0. The monoisotopic (exact) mass is 1150 g/mol. The molecule has 0 unspecified atom stereocenters. The van der Waals surface area contributed by atoms with Crippen molar-refractivity contribution in [2.75, 3.05) is 9.80 Å². The second-order valence-electron chi connectivity index (χ2n) is 29.3. The summed E-state index contributed by atoms with van der Waals surface area (Å²) < 4.78 is 14.6. The van der Waals surface area contributed by atoms with Gasteiger partial charge in [0.2, 0.25) is 0 Å². The van der Waals surface area contributed by atoms with Crippen molar-refractivity contribution < 1.29 is 8.83 Å². The molecule has 0 atom stereocenters. The molecular weight excluding hydrogens is 1080 g/mol. The van der Waals surface area contributed by atoms with Gasteiger partial charge < -0.3 is 18.6 Å². The lowest BCUT2D eigenvalue weighted by atomic mass is 9.70. The maximum Gasteiger partial charge on any atom is 0.145 e. The summed E-state index contributed by atoms with van der Waals surface area (Å²) >= 11 is 0. The molecule has 0 fully saturated rings. The van der Waals surface area contributed by atoms with Crippen molar-refractivity contribution >= 4 is 99.5 Å². The third kappa shape index (κ3) is 8.32. The van der Waals surface area contributed by atoms with E-state index in [1.54, 1.807) is 0 Å². The van der Waals surface area contributed by atoms with Crippen LogP contribution >= 0.6 is 0 Å². The Morgan fingerprint density at radius 3 is 0.910 bits per heavy atom. The second kappa shape index (κ2) is 19.2. The number of hydrogen-bond acceptors (Lipinski definition) is 4. The van der Waals surface area contributed by atoms with E-state index in [2.05, 4.69) is 323 Å². The van der Waals surface area contributed by atoms with Crippen molar-refractivity contribution in [1.29, 1.82) is 0 Å². The predicted molar refractivity (Wildman–Crippen MR) is 376 cm³/mol. The zero-order valence-corrected chi connectivity index (χ0v) is 53.2. The van der Waals surface area contributed by atoms with E-state index in [1.807, 2.05) is 0 Å². The minimum absolute atomic E-state index is 0.00945. The van der Waals surface area contributed by atoms with Gasteiger partial charge in [0.25, 0.3) is 0 Å². The third-order valence-corrected chi connectivity index (χ3v) is 19.7. The maximum atomic E-state index is 7.30. The van der Waals surface area contributed by atoms with Crippen LogP contribution in [0, 0.1) is 0 Å². The number of anilines is 6. The van der Waals surface area contributed by atoms with E-state index in [4.69, 9.17) is 8.83 Å². The van der Waals surface area contributed by atoms with Crippen LogP contribution < -0.4 is 9.80 Å². The largest absolute Gasteiger partial charge is 0.455 e. The van der Waals surface area contributed by atoms with Crippen LogP contribution in [0.2, 0.25) is 0 Å². The standard InChI is InChI=1S/C85H74N2O2/c1-81(2,3)53-29-37-57(38-30-53)86(58-39-31-54(32-40-58)82(4,5)6)73-47-51-45-71-67(49-65(51)79-77(73)63-23-15-19-27-75(63)88-79)68-50-66-52(46-72(68)85(71)69-25-17-13-21-61(69)62-22-14-18-26-70(62)85)48-74(78-64-24-16-20-28-76(64)89-80(66)78)87(59-41-33-55(34-42-59)83(7,8)9)60-43-35-56(36-44-60)84(10,11)12/h13-50H,1-12H3. The summed E-state index contributed by atoms with van der Waals surface area (Å²) in [5, 5.41) is 8.69. The molecule has 0 N–H and O–H groups in total. The van der Waals surface area contributed by atoms with Gasteiger partial charge in [0.1, 0.15) is 22.3 Å². The Kier molecular flexibility index (Phi) is 11.8. The normalized spacial score (nSPS) is 13.7. The molecule has 436 valence electrons. The highest BCUT2D eigenvalue weighted by Crippen LogP contribution is 2.65. The van der Waals surface area contributed by atoms with Crippen LogP contribution in [0.4, 0.5) is 34.1 Å². The van der Waals surface area contributed by atoms with E-state index in [-0.39, 0.29) is 21.7 Å². The molecule has 89 heavy (non-hydrogen) atoms. The third-order valence-electron chi connectivity index (χ3n) is 19.7. The highest BCUT2D eigenvalue weighted by atomic mass is 16.3. The number of furan rings is 2. The Morgan fingerprint density at radius 2 is 0.584 bits per heavy atom. The van der Waals surface area contributed by atoms with Crippen LogP contribution in [-0.4, -0.2) is 0 Å². The molecule has 0 saturated heterocycles. The molecule has 0 aliphatic heterocycles. The second-order valence-corrected chi connectivity index (χ2v) is 29.3. The van der Waals surface area contributed by atoms with Crippen molar-refractivity contribution in [2.24, 2.45) is 0 Å². The molecule has 4 heteroatoms. The first-order valence-electron chi connectivity index (χ1n) is 31.7. The summed E-state index contributed by atoms with van der Waals surface area (Å²) in [5.74, 6) is 0. The van der Waals surface area contributed by atoms with Crippen molar-refractivity contribution in [2.45, 2.75) is 110 Å². The summed E-state index contributed by atoms with van der Waals surface area (Å²) in [6, 6.07) is 87.2. The molecule has 2 aliphatic carbocycles. The quantitative estimate of drug-likeness (QED) is 0.166. The number of hydrogen-bond donors (Lipinski definition) is 0. The fraction of sp³-hybridized carbons (Fsp3) is 0.200. The minimum Gasteiger partial charge on any atom is -0.455 e. The topological polar surface area (TPSA) is 32.8 Å². The highest BCUT2D eigenvalue weighted by Gasteiger charge is 2.52. The fourth-order valence-corrected chi connectivity index (χ4v) is 15.0. The van der Waals surface area contributed by atoms with E-state index >= 15 is 0 Å². The van der Waals surface area contributed by atoms with Crippen molar-refractivity contribution in [3.8, 4) is 22.3 Å². The molecule has 1 spiro atoms. The van der Waals surface area contributed by atoms with Crippen molar-refractivity contribution in [3.05, 3.63) is 275 Å². The first kappa shape index (κ1) is 54.7. The summed E-state index contributed by atoms with van der Waals surface area (Å²) in [5.41, 5.74) is 24.4. The van der Waals surface area contributed by atoms with Gasteiger partial charge in [-0.15, -0.1) is 0 Å². The zero-order valence-electron chi connectivity index (χ0n) is 53.2. The highest BCUT2D eigenvalue weighted by molar-refractivity contribution is 6.25. The van der Waals surface area contributed by atoms with Gasteiger partial charge >= 0.3 is 0 Å². The molecule has 0 radical (unpaired) electrons. The van der Waals surface area contributed by atoms with Crippen molar-refractivity contribution in [3.63, 3.8) is 0 Å². The minimum atomic E-state index is -0.678. The number of nitrogens with zero attached hydrogens (tertiary/aromatic N) is 2. The first-order chi connectivity index (χ1) is 42.6. The average molecular weight is 1160 g/mol. The van der Waals surface area contributed by atoms with Crippen LogP contribution in [0.3, 0.4) is 0 Å². The van der Waals surface area contributed by atoms with Gasteiger partial charge in [0.15, 0.2) is 0 Å². The van der Waals surface area contributed by atoms with Gasteiger partial charge in [0, 0.05) is 44.3 Å². The van der Waals surface area contributed by atoms with Gasteiger partial charge in [-0.3, -0.25) is 0 Å². The Morgan fingerprint density at radius 1 is 0.281 bits per heavy atom. The molecule has 2 aliphatic rings. The van der Waals surface area contributed by atoms with Gasteiger partial charge in [0.05, 0.1) is 27.6 Å². The molecule has 4 nitrogen and oxygen atoms in total. The summed E-state index contributed by atoms with van der Waals surface area (Å²) in [7, 11) is 0. The van der Waals surface area contributed by atoms with Gasteiger partial charge in [-0.05, 0) is 196 Å². The lowest BCUT2D eigenvalue weighted by Crippen LogP contribution is -2.25. The molecule has 16 rings (SSSR count). The number of rotatable bonds is 6. The van der Waals surface area contributed by atoms with Crippen LogP contribution in [0.5, 0.6) is 0 Å². The van der Waals surface area contributed by atoms with Gasteiger partial charge in [-0.2, -0.15) is 0 Å². The van der Waals surface area contributed by atoms with E-state index < -0.39 is 5.41 Å². The molecule has 14 aromatic rings. The van der Waals surface area contributed by atoms with Crippen molar-refractivity contribution in [1.82, 2.24) is 0 Å². The lowest BCUT2D eigenvalue weighted by molar-refractivity contribution is 0.590. The molecule has 0 saturated carbocycles. The molecule has 0 amide bonds. The summed E-state index contributed by atoms with van der Waals surface area (Å²) in [6.45, 7) is 27.4. The van der Waals surface area contributed by atoms with E-state index in [1.165, 1.54) is 66.8 Å². The molecule has 2 aromatic heterocycles. The molecule has 0 bridgehead atoms. The fourth-order valence-electron chi connectivity index (χ4n) is 15.0. The number of fused-ring (bicyclic) bond motifs is 20. The molecule has 12 aromatic carbocycles. The first-order valence-corrected chi connectivity index (χ1v) is 31.7. The lowest BCUT2D eigenvalue weighted by Gasteiger charge is -2.31. The Balaban J connectivity index is 1.01. The molecular formula is C85H74N2O2. The van der Waals surface area contributed by atoms with E-state index in [9.17, 15) is 0 Å². The zero-order chi connectivity index (χ0) is 61.3.